The molecule has 0 unspecified atom stereocenters. The summed E-state index contributed by atoms with van der Waals surface area (Å²) in [6.07, 6.45) is 3.40. The van der Waals surface area contributed by atoms with Crippen LogP contribution in [0.1, 0.15) is 31.8 Å². The summed E-state index contributed by atoms with van der Waals surface area (Å²) < 4.78 is 0. The molecule has 3 aromatic carbocycles. The minimum atomic E-state index is -0.288. The summed E-state index contributed by atoms with van der Waals surface area (Å²) in [7, 11) is 3.39. The van der Waals surface area contributed by atoms with Gasteiger partial charge in [0.2, 0.25) is 0 Å². The molecule has 0 aliphatic rings. The van der Waals surface area contributed by atoms with Crippen molar-refractivity contribution in [1.29, 1.82) is 0 Å². The number of hydrogen-bond acceptors (Lipinski definition) is 6. The zero-order chi connectivity index (χ0) is 30.7. The maximum Gasteiger partial charge on any atom is 0.255 e. The van der Waals surface area contributed by atoms with Gasteiger partial charge in [0, 0.05) is 60.1 Å². The van der Waals surface area contributed by atoms with Gasteiger partial charge in [0.15, 0.2) is 0 Å². The van der Waals surface area contributed by atoms with Gasteiger partial charge in [-0.3, -0.25) is 19.6 Å². The first-order valence-corrected chi connectivity index (χ1v) is 13.8. The van der Waals surface area contributed by atoms with Crippen LogP contribution >= 0.6 is 12.4 Å². The molecular formula is C34H31ClN8O2. The Morgan fingerprint density at radius 3 is 1.16 bits per heavy atom. The van der Waals surface area contributed by atoms with Gasteiger partial charge < -0.3 is 21.3 Å². The van der Waals surface area contributed by atoms with Gasteiger partial charge in [-0.05, 0) is 97.1 Å². The van der Waals surface area contributed by atoms with Crippen LogP contribution in [-0.2, 0) is 0 Å². The molecule has 5 aromatic rings. The van der Waals surface area contributed by atoms with Crippen LogP contribution in [0.25, 0.3) is 0 Å². The molecule has 5 rings (SSSR count). The number of carbonyl (C=O) groups excluding carboxylic acids is 2. The number of rotatable bonds is 8. The lowest BCUT2D eigenvalue weighted by Gasteiger charge is -2.11. The largest absolute Gasteiger partial charge is 0.325 e. The highest BCUT2D eigenvalue weighted by atomic mass is 35.5. The van der Waals surface area contributed by atoms with E-state index < -0.39 is 0 Å². The van der Waals surface area contributed by atoms with Gasteiger partial charge in [0.1, 0.15) is 23.3 Å². The number of nitrogens with one attached hydrogen (secondary N) is 4. The van der Waals surface area contributed by atoms with Crippen LogP contribution in [0.15, 0.2) is 132 Å². The molecule has 0 saturated heterocycles. The first kappa shape index (κ1) is 32.1. The van der Waals surface area contributed by atoms with Crippen LogP contribution in [0, 0.1) is 0 Å². The zero-order valence-electron chi connectivity index (χ0n) is 24.6. The van der Waals surface area contributed by atoms with Crippen molar-refractivity contribution in [1.82, 2.24) is 9.97 Å². The zero-order valence-corrected chi connectivity index (χ0v) is 25.4. The van der Waals surface area contributed by atoms with E-state index in [0.717, 1.165) is 11.1 Å². The molecule has 0 spiro atoms. The molecule has 10 nitrogen and oxygen atoms in total. The van der Waals surface area contributed by atoms with Crippen LogP contribution in [0.2, 0.25) is 0 Å². The number of pyridine rings is 2. The number of nitrogens with zero attached hydrogens (tertiary/aromatic N) is 4. The van der Waals surface area contributed by atoms with E-state index in [0.29, 0.717) is 45.8 Å². The number of aromatic nitrogens is 2. The molecule has 2 heterocycles. The molecule has 4 N–H and O–H groups in total. The van der Waals surface area contributed by atoms with Crippen molar-refractivity contribution in [3.63, 3.8) is 0 Å². The second kappa shape index (κ2) is 15.6. The number of benzene rings is 3. The van der Waals surface area contributed by atoms with Gasteiger partial charge in [-0.1, -0.05) is 12.1 Å². The minimum absolute atomic E-state index is 0. The second-order valence-corrected chi connectivity index (χ2v) is 9.46. The Hall–Kier alpha value is -5.87. The smallest absolute Gasteiger partial charge is 0.255 e. The van der Waals surface area contributed by atoms with Gasteiger partial charge in [-0.2, -0.15) is 0 Å². The fraction of sp³-hybridized carbons (Fsp3) is 0.0588. The topological polar surface area (TPSA) is 133 Å². The number of halogens is 1. The van der Waals surface area contributed by atoms with Gasteiger partial charge in [0.25, 0.3) is 11.8 Å². The van der Waals surface area contributed by atoms with E-state index in [4.69, 9.17) is 0 Å². The average Bonchev–Trinajstić information content (AvgIpc) is 3.08. The van der Waals surface area contributed by atoms with Crippen LogP contribution in [-0.4, -0.2) is 47.5 Å². The van der Waals surface area contributed by atoms with Gasteiger partial charge in [0.05, 0.1) is 0 Å². The monoisotopic (exact) mass is 618 g/mol. The van der Waals surface area contributed by atoms with E-state index in [9.17, 15) is 9.59 Å². The Morgan fingerprint density at radius 2 is 0.844 bits per heavy atom. The van der Waals surface area contributed by atoms with Crippen LogP contribution in [0.4, 0.5) is 23.0 Å². The van der Waals surface area contributed by atoms with Crippen molar-refractivity contribution >= 4 is 58.9 Å². The van der Waals surface area contributed by atoms with Crippen LogP contribution in [0.3, 0.4) is 0 Å². The average molecular weight is 619 g/mol. The molecule has 0 aliphatic heterocycles. The highest BCUT2D eigenvalue weighted by Gasteiger charge is 2.12. The maximum atomic E-state index is 12.9. The molecule has 0 aliphatic carbocycles. The fourth-order valence-electron chi connectivity index (χ4n) is 4.23. The van der Waals surface area contributed by atoms with E-state index in [-0.39, 0.29) is 24.2 Å². The number of anilines is 4. The second-order valence-electron chi connectivity index (χ2n) is 9.46. The van der Waals surface area contributed by atoms with Crippen molar-refractivity contribution in [3.8, 4) is 0 Å². The lowest BCUT2D eigenvalue weighted by atomic mass is 10.1. The van der Waals surface area contributed by atoms with Gasteiger partial charge in [-0.25, -0.2) is 9.97 Å². The van der Waals surface area contributed by atoms with Crippen molar-refractivity contribution in [2.45, 2.75) is 0 Å². The van der Waals surface area contributed by atoms with E-state index in [1.807, 2.05) is 60.7 Å². The molecular weight excluding hydrogens is 588 g/mol. The molecule has 0 bridgehead atoms. The third kappa shape index (κ3) is 8.59. The predicted octanol–water partition coefficient (Wildman–Crippen LogP) is 6.38. The molecule has 0 radical (unpaired) electrons. The van der Waals surface area contributed by atoms with E-state index in [2.05, 4.69) is 41.2 Å². The molecule has 226 valence electrons. The van der Waals surface area contributed by atoms with Crippen LogP contribution < -0.4 is 21.3 Å². The fourth-order valence-corrected chi connectivity index (χ4v) is 4.23. The number of carbonyl (C=O) groups is 2. The maximum absolute atomic E-state index is 12.9. The number of amides is 2. The first-order valence-electron chi connectivity index (χ1n) is 13.8. The molecule has 11 heteroatoms. The predicted molar refractivity (Wildman–Crippen MR) is 183 cm³/mol. The number of aliphatic imine (C=N–C) groups is 2. The lowest BCUT2D eigenvalue weighted by molar-refractivity contribution is 0.101. The lowest BCUT2D eigenvalue weighted by Crippen LogP contribution is -2.16. The Balaban J connectivity index is 0.00000461. The first-order chi connectivity index (χ1) is 21.5. The van der Waals surface area contributed by atoms with Crippen molar-refractivity contribution in [3.05, 3.63) is 144 Å². The normalized spacial score (nSPS) is 11.2. The van der Waals surface area contributed by atoms with Crippen molar-refractivity contribution in [2.75, 3.05) is 35.4 Å². The van der Waals surface area contributed by atoms with Gasteiger partial charge >= 0.3 is 0 Å². The standard InChI is InChI=1S/C34H30N8O2.ClH/c1-35-31(41-29-7-3-5-21-37-29)23-13-17-27(18-14-23)39-33(43)25-9-11-26(12-10-25)34(44)40-28-19-15-24(16-20-28)32(36-2)42-30-8-4-6-22-38-30;/h3-22H,1-2H3,(H,39,43)(H,40,44)(H,35,37,41)(H,36,38,42);1H. The van der Waals surface area contributed by atoms with Crippen LogP contribution in [0.5, 0.6) is 0 Å². The van der Waals surface area contributed by atoms with Gasteiger partial charge in [-0.15, -0.1) is 12.4 Å². The molecule has 45 heavy (non-hydrogen) atoms. The Morgan fingerprint density at radius 1 is 0.489 bits per heavy atom. The Kier molecular flexibility index (Phi) is 11.1. The summed E-state index contributed by atoms with van der Waals surface area (Å²) in [4.78, 5) is 42.8. The Bertz CT molecular complexity index is 1640. The van der Waals surface area contributed by atoms with Crippen molar-refractivity contribution < 1.29 is 9.59 Å². The SMILES string of the molecule is CN=C(Nc1ccccn1)c1ccc(NC(=O)c2ccc(C(=O)Nc3ccc(C(=NC)Nc4ccccn4)cc3)cc2)cc1.Cl. The minimum Gasteiger partial charge on any atom is -0.325 e. The molecule has 2 amide bonds. The highest BCUT2D eigenvalue weighted by molar-refractivity contribution is 6.10. The molecule has 0 fully saturated rings. The van der Waals surface area contributed by atoms with E-state index in [1.165, 1.54) is 0 Å². The van der Waals surface area contributed by atoms with E-state index in [1.54, 1.807) is 75.0 Å². The Labute approximate surface area is 267 Å². The summed E-state index contributed by atoms with van der Waals surface area (Å²) in [6, 6.07) is 32.3. The molecule has 2 aromatic heterocycles. The third-order valence-corrected chi connectivity index (χ3v) is 6.51. The quantitative estimate of drug-likeness (QED) is 0.118. The molecule has 0 saturated carbocycles. The summed E-state index contributed by atoms with van der Waals surface area (Å²) in [5.74, 6) is 2.11. The third-order valence-electron chi connectivity index (χ3n) is 6.51. The summed E-state index contributed by atoms with van der Waals surface area (Å²) in [6.45, 7) is 0. The number of amidine groups is 2. The summed E-state index contributed by atoms with van der Waals surface area (Å²) >= 11 is 0. The summed E-state index contributed by atoms with van der Waals surface area (Å²) in [5.41, 5.74) is 3.80. The number of hydrogen-bond donors (Lipinski definition) is 4. The molecule has 0 atom stereocenters. The summed E-state index contributed by atoms with van der Waals surface area (Å²) in [5, 5.41) is 12.1. The van der Waals surface area contributed by atoms with E-state index >= 15 is 0 Å². The highest BCUT2D eigenvalue weighted by Crippen LogP contribution is 2.16. The van der Waals surface area contributed by atoms with Crippen molar-refractivity contribution in [2.24, 2.45) is 9.98 Å².